The molecule has 2 nitrogen and oxygen atoms in total. The minimum Gasteiger partial charge on any atom is -0.373 e. The van der Waals surface area contributed by atoms with Gasteiger partial charge in [0, 0.05) is 31.6 Å². The van der Waals surface area contributed by atoms with E-state index in [-0.39, 0.29) is 5.60 Å². The Hall–Kier alpha value is 0.400. The highest BCUT2D eigenvalue weighted by molar-refractivity contribution is 9.09. The zero-order valence-electron chi connectivity index (χ0n) is 7.27. The Labute approximate surface area is 77.0 Å². The maximum Gasteiger partial charge on any atom is 0.0906 e. The average molecular weight is 222 g/mol. The molecule has 0 bridgehead atoms. The summed E-state index contributed by atoms with van der Waals surface area (Å²) in [6.07, 6.45) is 0. The Morgan fingerprint density at radius 2 is 2.18 bits per heavy atom. The van der Waals surface area contributed by atoms with Gasteiger partial charge in [0.25, 0.3) is 0 Å². The lowest BCUT2D eigenvalue weighted by atomic mass is 9.97. The average Bonchev–Trinajstić information content (AvgIpc) is 1.85. The van der Waals surface area contributed by atoms with Crippen LogP contribution in [-0.4, -0.2) is 42.1 Å². The first kappa shape index (κ1) is 9.49. The third-order valence-electron chi connectivity index (χ3n) is 2.01. The predicted molar refractivity (Wildman–Crippen MR) is 50.3 cm³/mol. The summed E-state index contributed by atoms with van der Waals surface area (Å²) in [5, 5.41) is 1.06. The lowest BCUT2D eigenvalue weighted by molar-refractivity contribution is -0.126. The molecule has 66 valence electrons. The molecule has 0 aromatic rings. The minimum absolute atomic E-state index is 0.150. The van der Waals surface area contributed by atoms with E-state index in [4.69, 9.17) is 4.74 Å². The van der Waals surface area contributed by atoms with Crippen molar-refractivity contribution in [2.45, 2.75) is 19.4 Å². The van der Waals surface area contributed by atoms with Crippen LogP contribution in [-0.2, 0) is 4.74 Å². The van der Waals surface area contributed by atoms with Crippen molar-refractivity contribution in [2.75, 3.05) is 31.6 Å². The van der Waals surface area contributed by atoms with Crippen LogP contribution in [0.5, 0.6) is 0 Å². The first-order valence-electron chi connectivity index (χ1n) is 4.12. The van der Waals surface area contributed by atoms with E-state index in [9.17, 15) is 0 Å². The fourth-order valence-electron chi connectivity index (χ4n) is 1.62. The highest BCUT2D eigenvalue weighted by atomic mass is 79.9. The van der Waals surface area contributed by atoms with Crippen molar-refractivity contribution in [3.63, 3.8) is 0 Å². The Morgan fingerprint density at radius 1 is 1.55 bits per heavy atom. The molecule has 1 rings (SSSR count). The van der Waals surface area contributed by atoms with Gasteiger partial charge in [-0.2, -0.15) is 0 Å². The van der Waals surface area contributed by atoms with E-state index in [1.165, 1.54) is 0 Å². The van der Waals surface area contributed by atoms with Crippen LogP contribution in [0.15, 0.2) is 0 Å². The summed E-state index contributed by atoms with van der Waals surface area (Å²) >= 11 is 3.42. The van der Waals surface area contributed by atoms with Crippen molar-refractivity contribution in [1.29, 1.82) is 0 Å². The van der Waals surface area contributed by atoms with Gasteiger partial charge in [-0.25, -0.2) is 0 Å². The van der Waals surface area contributed by atoms with Gasteiger partial charge >= 0.3 is 0 Å². The van der Waals surface area contributed by atoms with Crippen LogP contribution in [0.2, 0.25) is 0 Å². The van der Waals surface area contributed by atoms with Crippen molar-refractivity contribution in [1.82, 2.24) is 4.90 Å². The van der Waals surface area contributed by atoms with Gasteiger partial charge in [-0.15, -0.1) is 0 Å². The Bertz CT molecular complexity index is 123. The molecular weight excluding hydrogens is 206 g/mol. The summed E-state index contributed by atoms with van der Waals surface area (Å²) in [5.74, 6) is 0. The molecule has 1 heterocycles. The normalized spacial score (nSPS) is 23.2. The molecule has 0 amide bonds. The third-order valence-corrected chi connectivity index (χ3v) is 2.36. The number of nitrogens with zero attached hydrogens (tertiary/aromatic N) is 1. The molecule has 0 aromatic carbocycles. The van der Waals surface area contributed by atoms with Crippen LogP contribution < -0.4 is 0 Å². The van der Waals surface area contributed by atoms with Crippen LogP contribution in [0.25, 0.3) is 0 Å². The second-order valence-corrected chi connectivity index (χ2v) is 4.08. The minimum atomic E-state index is 0.150. The Morgan fingerprint density at radius 3 is 2.64 bits per heavy atom. The van der Waals surface area contributed by atoms with Crippen LogP contribution >= 0.6 is 15.9 Å². The standard InChI is InChI=1S/C8H16BrNO/c1-3-11-8(2)6-10(7-8)5-4-9/h3-7H2,1-2H3. The molecule has 1 aliphatic heterocycles. The van der Waals surface area contributed by atoms with E-state index in [0.717, 1.165) is 31.6 Å². The van der Waals surface area contributed by atoms with Crippen molar-refractivity contribution >= 4 is 15.9 Å². The van der Waals surface area contributed by atoms with Gasteiger partial charge < -0.3 is 4.74 Å². The first-order chi connectivity index (χ1) is 5.20. The number of halogens is 1. The number of hydrogen-bond donors (Lipinski definition) is 0. The molecule has 0 saturated carbocycles. The molecule has 11 heavy (non-hydrogen) atoms. The van der Waals surface area contributed by atoms with E-state index in [1.807, 2.05) is 0 Å². The molecule has 0 unspecified atom stereocenters. The molecule has 0 aromatic heterocycles. The Kier molecular flexibility index (Phi) is 3.34. The summed E-state index contributed by atoms with van der Waals surface area (Å²) in [7, 11) is 0. The van der Waals surface area contributed by atoms with Crippen molar-refractivity contribution < 1.29 is 4.74 Å². The van der Waals surface area contributed by atoms with Gasteiger partial charge in [0.2, 0.25) is 0 Å². The van der Waals surface area contributed by atoms with Crippen LogP contribution in [0.3, 0.4) is 0 Å². The molecule has 0 atom stereocenters. The summed E-state index contributed by atoms with van der Waals surface area (Å²) in [5.41, 5.74) is 0.150. The third kappa shape index (κ3) is 2.42. The summed E-state index contributed by atoms with van der Waals surface area (Å²) in [6.45, 7) is 8.39. The van der Waals surface area contributed by atoms with Gasteiger partial charge in [0.15, 0.2) is 0 Å². The number of likely N-dealkylation sites (tertiary alicyclic amines) is 1. The zero-order valence-corrected chi connectivity index (χ0v) is 8.85. The second-order valence-electron chi connectivity index (χ2n) is 3.28. The van der Waals surface area contributed by atoms with E-state index < -0.39 is 0 Å². The highest BCUT2D eigenvalue weighted by Gasteiger charge is 2.38. The molecular formula is C8H16BrNO. The van der Waals surface area contributed by atoms with E-state index >= 15 is 0 Å². The van der Waals surface area contributed by atoms with Gasteiger partial charge in [-0.1, -0.05) is 15.9 Å². The van der Waals surface area contributed by atoms with Gasteiger partial charge in [0.1, 0.15) is 0 Å². The monoisotopic (exact) mass is 221 g/mol. The molecule has 0 N–H and O–H groups in total. The number of alkyl halides is 1. The first-order valence-corrected chi connectivity index (χ1v) is 5.24. The van der Waals surface area contributed by atoms with Crippen molar-refractivity contribution in [2.24, 2.45) is 0 Å². The topological polar surface area (TPSA) is 12.5 Å². The van der Waals surface area contributed by atoms with Crippen molar-refractivity contribution in [3.8, 4) is 0 Å². The van der Waals surface area contributed by atoms with Crippen LogP contribution in [0.4, 0.5) is 0 Å². The van der Waals surface area contributed by atoms with Gasteiger partial charge in [-0.3, -0.25) is 4.90 Å². The van der Waals surface area contributed by atoms with E-state index in [0.29, 0.717) is 0 Å². The van der Waals surface area contributed by atoms with Crippen LogP contribution in [0.1, 0.15) is 13.8 Å². The number of ether oxygens (including phenoxy) is 1. The van der Waals surface area contributed by atoms with Crippen molar-refractivity contribution in [3.05, 3.63) is 0 Å². The summed E-state index contributed by atoms with van der Waals surface area (Å²) in [4.78, 5) is 2.39. The fourth-order valence-corrected chi connectivity index (χ4v) is 2.12. The Balaban J connectivity index is 2.15. The number of rotatable bonds is 4. The smallest absolute Gasteiger partial charge is 0.0906 e. The van der Waals surface area contributed by atoms with E-state index in [1.54, 1.807) is 0 Å². The predicted octanol–water partition coefficient (Wildman–Crippen LogP) is 1.49. The largest absolute Gasteiger partial charge is 0.373 e. The van der Waals surface area contributed by atoms with E-state index in [2.05, 4.69) is 34.7 Å². The van der Waals surface area contributed by atoms with Gasteiger partial charge in [0.05, 0.1) is 5.60 Å². The summed E-state index contributed by atoms with van der Waals surface area (Å²) < 4.78 is 5.58. The highest BCUT2D eigenvalue weighted by Crippen LogP contribution is 2.23. The quantitative estimate of drug-likeness (QED) is 0.668. The molecule has 1 fully saturated rings. The molecule has 3 heteroatoms. The molecule has 0 spiro atoms. The molecule has 0 aliphatic carbocycles. The molecule has 1 saturated heterocycles. The maximum absolute atomic E-state index is 5.58. The van der Waals surface area contributed by atoms with Crippen LogP contribution in [0, 0.1) is 0 Å². The lowest BCUT2D eigenvalue weighted by Crippen LogP contribution is -2.61. The SMILES string of the molecule is CCOC1(C)CN(CCBr)C1. The molecule has 1 aliphatic rings. The summed E-state index contributed by atoms with van der Waals surface area (Å²) in [6, 6.07) is 0. The zero-order chi connectivity index (χ0) is 8.32. The second kappa shape index (κ2) is 3.87. The lowest BCUT2D eigenvalue weighted by Gasteiger charge is -2.47. The molecule has 0 radical (unpaired) electrons. The fraction of sp³-hybridized carbons (Fsp3) is 1.00. The van der Waals surface area contributed by atoms with Gasteiger partial charge in [-0.05, 0) is 13.8 Å². The maximum atomic E-state index is 5.58. The number of hydrogen-bond acceptors (Lipinski definition) is 2.